The van der Waals surface area contributed by atoms with E-state index in [4.69, 9.17) is 0 Å². The van der Waals surface area contributed by atoms with E-state index >= 15 is 0 Å². The Hall–Kier alpha value is -2.93. The molecule has 0 spiro atoms. The number of rotatable bonds is 7. The van der Waals surface area contributed by atoms with Crippen molar-refractivity contribution in [1.82, 2.24) is 0 Å². The lowest BCUT2D eigenvalue weighted by molar-refractivity contribution is -0.384. The van der Waals surface area contributed by atoms with Gasteiger partial charge in [0.1, 0.15) is 5.69 Å². The van der Waals surface area contributed by atoms with Crippen molar-refractivity contribution in [1.29, 1.82) is 0 Å². The topological polar surface area (TPSA) is 88.1 Å². The van der Waals surface area contributed by atoms with Gasteiger partial charge in [-0.1, -0.05) is 49.7 Å². The molecule has 7 heteroatoms. The van der Waals surface area contributed by atoms with Gasteiger partial charge in [-0.05, 0) is 29.7 Å². The van der Waals surface area contributed by atoms with Crippen molar-refractivity contribution in [2.24, 2.45) is 10.2 Å². The molecule has 3 aromatic carbocycles. The van der Waals surface area contributed by atoms with Crippen LogP contribution in [-0.2, 0) is 0 Å². The molecule has 27 heavy (non-hydrogen) atoms. The van der Waals surface area contributed by atoms with Gasteiger partial charge in [0.2, 0.25) is 0 Å². The van der Waals surface area contributed by atoms with E-state index in [9.17, 15) is 15.2 Å². The van der Waals surface area contributed by atoms with Crippen LogP contribution in [0.5, 0.6) is 5.75 Å². The highest BCUT2D eigenvalue weighted by Crippen LogP contribution is 2.42. The number of hydrogen-bond acceptors (Lipinski definition) is 6. The molecule has 0 amide bonds. The second-order valence-corrected chi connectivity index (χ2v) is 7.07. The number of fused-ring (bicyclic) bond motifs is 1. The number of unbranched alkanes of at least 4 members (excludes halogenated alkanes) is 1. The number of para-hydroxylation sites is 1. The molecule has 0 saturated heterocycles. The summed E-state index contributed by atoms with van der Waals surface area (Å²) in [6.45, 7) is 2.14. The van der Waals surface area contributed by atoms with Crippen molar-refractivity contribution in [2.45, 2.75) is 24.7 Å². The molecule has 0 aliphatic rings. The van der Waals surface area contributed by atoms with Crippen LogP contribution in [0.4, 0.5) is 17.1 Å². The van der Waals surface area contributed by atoms with Gasteiger partial charge in [0.05, 0.1) is 4.92 Å². The predicted octanol–water partition coefficient (Wildman–Crippen LogP) is 6.76. The summed E-state index contributed by atoms with van der Waals surface area (Å²) in [4.78, 5) is 11.6. The summed E-state index contributed by atoms with van der Waals surface area (Å²) in [5, 5.41) is 31.5. The number of nitro benzene ring substituents is 1. The maximum absolute atomic E-state index is 11.1. The standard InChI is InChI=1S/C20H19N3O3S/c1-2-3-12-27-19-13-17(20(24)15-9-5-4-8-14(15)19)22-21-16-10-6-7-11-18(16)23(25)26/h4-11,13,24H,2-3,12H2,1H3. The smallest absolute Gasteiger partial charge is 0.296 e. The van der Waals surface area contributed by atoms with E-state index in [-0.39, 0.29) is 17.1 Å². The minimum atomic E-state index is -0.499. The zero-order valence-corrected chi connectivity index (χ0v) is 15.6. The molecule has 0 aromatic heterocycles. The van der Waals surface area contributed by atoms with Crippen LogP contribution in [-0.4, -0.2) is 15.8 Å². The van der Waals surface area contributed by atoms with Crippen molar-refractivity contribution in [3.63, 3.8) is 0 Å². The molecule has 3 rings (SSSR count). The summed E-state index contributed by atoms with van der Waals surface area (Å²) in [6.07, 6.45) is 2.19. The fraction of sp³-hybridized carbons (Fsp3) is 0.200. The summed E-state index contributed by atoms with van der Waals surface area (Å²) in [5.41, 5.74) is 0.320. The molecule has 0 bridgehead atoms. The Kier molecular flexibility index (Phi) is 6.03. The summed E-state index contributed by atoms with van der Waals surface area (Å²) >= 11 is 1.71. The normalized spacial score (nSPS) is 11.3. The Bertz CT molecular complexity index is 1000. The van der Waals surface area contributed by atoms with E-state index < -0.39 is 4.92 Å². The summed E-state index contributed by atoms with van der Waals surface area (Å²) in [5.74, 6) is 0.985. The van der Waals surface area contributed by atoms with E-state index in [0.717, 1.165) is 28.9 Å². The lowest BCUT2D eigenvalue weighted by atomic mass is 10.1. The number of nitro groups is 1. The zero-order valence-electron chi connectivity index (χ0n) is 14.8. The molecule has 0 saturated carbocycles. The minimum Gasteiger partial charge on any atom is -0.505 e. The van der Waals surface area contributed by atoms with E-state index in [0.29, 0.717) is 11.1 Å². The first-order valence-electron chi connectivity index (χ1n) is 8.64. The van der Waals surface area contributed by atoms with E-state index in [1.807, 2.05) is 24.3 Å². The van der Waals surface area contributed by atoms with Gasteiger partial charge in [0.15, 0.2) is 11.4 Å². The Morgan fingerprint density at radius 1 is 1.04 bits per heavy atom. The first-order valence-corrected chi connectivity index (χ1v) is 9.63. The fourth-order valence-corrected chi connectivity index (χ4v) is 3.83. The molecule has 0 aliphatic heterocycles. The van der Waals surface area contributed by atoms with Crippen molar-refractivity contribution < 1.29 is 10.0 Å². The van der Waals surface area contributed by atoms with Crippen LogP contribution < -0.4 is 0 Å². The van der Waals surface area contributed by atoms with Crippen LogP contribution in [0.25, 0.3) is 10.8 Å². The molecule has 0 aliphatic carbocycles. The fourth-order valence-electron chi connectivity index (χ4n) is 2.65. The number of azo groups is 1. The largest absolute Gasteiger partial charge is 0.505 e. The summed E-state index contributed by atoms with van der Waals surface area (Å²) in [7, 11) is 0. The predicted molar refractivity (Wildman–Crippen MR) is 109 cm³/mol. The number of aromatic hydroxyl groups is 1. The minimum absolute atomic E-state index is 0.0211. The van der Waals surface area contributed by atoms with Crippen LogP contribution >= 0.6 is 11.8 Å². The Morgan fingerprint density at radius 3 is 2.44 bits per heavy atom. The first kappa shape index (κ1) is 18.8. The number of phenolic OH excluding ortho intramolecular Hbond substituents is 1. The number of phenols is 1. The quantitative estimate of drug-likeness (QED) is 0.161. The molecule has 3 aromatic rings. The lowest BCUT2D eigenvalue weighted by Gasteiger charge is -2.10. The molecule has 0 unspecified atom stereocenters. The van der Waals surface area contributed by atoms with E-state index in [2.05, 4.69) is 17.2 Å². The van der Waals surface area contributed by atoms with Crippen molar-refractivity contribution in [3.05, 3.63) is 64.7 Å². The molecule has 0 atom stereocenters. The van der Waals surface area contributed by atoms with Gasteiger partial charge in [-0.2, -0.15) is 0 Å². The first-order chi connectivity index (χ1) is 13.1. The van der Waals surface area contributed by atoms with Crippen LogP contribution in [0.3, 0.4) is 0 Å². The molecule has 0 fully saturated rings. The monoisotopic (exact) mass is 381 g/mol. The van der Waals surface area contributed by atoms with Gasteiger partial charge in [-0.25, -0.2) is 0 Å². The summed E-state index contributed by atoms with van der Waals surface area (Å²) < 4.78 is 0. The Morgan fingerprint density at radius 2 is 1.70 bits per heavy atom. The van der Waals surface area contributed by atoms with E-state index in [1.54, 1.807) is 30.0 Å². The average molecular weight is 381 g/mol. The van der Waals surface area contributed by atoms with Crippen LogP contribution in [0.15, 0.2) is 69.7 Å². The third kappa shape index (κ3) is 4.25. The van der Waals surface area contributed by atoms with Crippen molar-refractivity contribution in [3.8, 4) is 5.75 Å². The average Bonchev–Trinajstić information content (AvgIpc) is 2.69. The van der Waals surface area contributed by atoms with Gasteiger partial charge in [-0.15, -0.1) is 22.0 Å². The molecular formula is C20H19N3O3S. The van der Waals surface area contributed by atoms with E-state index in [1.165, 1.54) is 12.1 Å². The Labute approximate surface area is 161 Å². The van der Waals surface area contributed by atoms with Crippen LogP contribution in [0, 0.1) is 10.1 Å². The number of thioether (sulfide) groups is 1. The third-order valence-corrected chi connectivity index (χ3v) is 5.20. The second-order valence-electron chi connectivity index (χ2n) is 5.94. The molecule has 6 nitrogen and oxygen atoms in total. The van der Waals surface area contributed by atoms with Crippen molar-refractivity contribution in [2.75, 3.05) is 5.75 Å². The number of benzene rings is 3. The molecular weight excluding hydrogens is 362 g/mol. The van der Waals surface area contributed by atoms with Gasteiger partial charge >= 0.3 is 0 Å². The molecule has 1 N–H and O–H groups in total. The maximum Gasteiger partial charge on any atom is 0.296 e. The summed E-state index contributed by atoms with van der Waals surface area (Å²) in [6, 6.07) is 15.5. The second kappa shape index (κ2) is 8.64. The maximum atomic E-state index is 11.1. The molecule has 0 heterocycles. The number of nitrogens with zero attached hydrogens (tertiary/aromatic N) is 3. The third-order valence-electron chi connectivity index (χ3n) is 4.06. The highest BCUT2D eigenvalue weighted by atomic mass is 32.2. The van der Waals surface area contributed by atoms with Gasteiger partial charge < -0.3 is 5.11 Å². The highest BCUT2D eigenvalue weighted by molar-refractivity contribution is 7.99. The Balaban J connectivity index is 2.04. The molecule has 0 radical (unpaired) electrons. The SMILES string of the molecule is CCCCSc1cc(N=Nc2ccccc2[N+](=O)[O-])c(O)c2ccccc12. The van der Waals surface area contributed by atoms with Crippen LogP contribution in [0.1, 0.15) is 19.8 Å². The lowest BCUT2D eigenvalue weighted by Crippen LogP contribution is -1.87. The van der Waals surface area contributed by atoms with Crippen LogP contribution in [0.2, 0.25) is 0 Å². The highest BCUT2D eigenvalue weighted by Gasteiger charge is 2.14. The zero-order chi connectivity index (χ0) is 19.2. The number of hydrogen-bond donors (Lipinski definition) is 1. The van der Waals surface area contributed by atoms with Gasteiger partial charge in [0, 0.05) is 16.3 Å². The van der Waals surface area contributed by atoms with Gasteiger partial charge in [-0.3, -0.25) is 10.1 Å². The van der Waals surface area contributed by atoms with Gasteiger partial charge in [0.25, 0.3) is 5.69 Å². The van der Waals surface area contributed by atoms with Crippen molar-refractivity contribution >= 4 is 39.6 Å². The molecule has 138 valence electrons.